The molecule has 1 N–H and O–H groups in total. The molecule has 3 aromatic rings. The van der Waals surface area contributed by atoms with Crippen molar-refractivity contribution in [2.45, 2.75) is 17.9 Å². The van der Waals surface area contributed by atoms with Crippen LogP contribution in [0, 0.1) is 0 Å². The summed E-state index contributed by atoms with van der Waals surface area (Å²) < 4.78 is 27.5. The molecule has 0 saturated carbocycles. The second kappa shape index (κ2) is 9.11. The minimum atomic E-state index is -3.95. The van der Waals surface area contributed by atoms with Crippen LogP contribution in [0.2, 0.25) is 5.02 Å². The Morgan fingerprint density at radius 1 is 0.966 bits per heavy atom. The topological polar surface area (TPSA) is 66.5 Å². The summed E-state index contributed by atoms with van der Waals surface area (Å²) in [5.41, 5.74) is 1.25. The summed E-state index contributed by atoms with van der Waals surface area (Å²) >= 11 is 6.06. The van der Waals surface area contributed by atoms with Gasteiger partial charge in [0.1, 0.15) is 6.54 Å². The normalized spacial score (nSPS) is 12.2. The monoisotopic (exact) mass is 428 g/mol. The van der Waals surface area contributed by atoms with Gasteiger partial charge in [-0.2, -0.15) is 0 Å². The highest BCUT2D eigenvalue weighted by Crippen LogP contribution is 2.26. The molecule has 0 aliphatic carbocycles. The van der Waals surface area contributed by atoms with Gasteiger partial charge in [0.25, 0.3) is 10.0 Å². The number of nitrogens with one attached hydrogen (secondary N) is 1. The molecular formula is C22H21ClN2O3S. The maximum absolute atomic E-state index is 13.2. The first kappa shape index (κ1) is 20.9. The Bertz CT molecular complexity index is 1070. The quantitative estimate of drug-likeness (QED) is 0.606. The van der Waals surface area contributed by atoms with E-state index in [9.17, 15) is 13.2 Å². The number of carbonyl (C=O) groups is 1. The van der Waals surface area contributed by atoms with E-state index in [1.54, 1.807) is 36.4 Å². The van der Waals surface area contributed by atoms with Crippen LogP contribution in [0.3, 0.4) is 0 Å². The molecule has 0 aliphatic heterocycles. The van der Waals surface area contributed by atoms with Crippen LogP contribution in [0.25, 0.3) is 0 Å². The standard InChI is InChI=1S/C22H21ClN2O3S/c1-17(18-9-4-2-5-10-18)24-22(26)16-25(20-12-8-11-19(23)15-20)29(27,28)21-13-6-3-7-14-21/h2-15,17H,16H2,1H3,(H,24,26)/t17-/m0/s1. The maximum atomic E-state index is 13.2. The average molecular weight is 429 g/mol. The zero-order valence-electron chi connectivity index (χ0n) is 15.8. The molecule has 0 radical (unpaired) electrons. The lowest BCUT2D eigenvalue weighted by atomic mass is 10.1. The van der Waals surface area contributed by atoms with Crippen molar-refractivity contribution in [3.8, 4) is 0 Å². The van der Waals surface area contributed by atoms with Crippen molar-refractivity contribution >= 4 is 33.2 Å². The molecule has 3 aromatic carbocycles. The smallest absolute Gasteiger partial charge is 0.264 e. The molecule has 3 rings (SSSR count). The first-order valence-electron chi connectivity index (χ1n) is 9.05. The van der Waals surface area contributed by atoms with E-state index < -0.39 is 15.9 Å². The van der Waals surface area contributed by atoms with E-state index in [1.807, 2.05) is 37.3 Å². The first-order valence-corrected chi connectivity index (χ1v) is 10.9. The molecule has 0 bridgehead atoms. The Labute approximate surface area is 176 Å². The highest BCUT2D eigenvalue weighted by atomic mass is 35.5. The fraction of sp³-hybridized carbons (Fsp3) is 0.136. The van der Waals surface area contributed by atoms with Gasteiger partial charge in [0.05, 0.1) is 16.6 Å². The SMILES string of the molecule is C[C@H](NC(=O)CN(c1cccc(Cl)c1)S(=O)(=O)c1ccccc1)c1ccccc1. The van der Waals surface area contributed by atoms with Crippen molar-refractivity contribution in [2.75, 3.05) is 10.8 Å². The number of sulfonamides is 1. The van der Waals surface area contributed by atoms with E-state index >= 15 is 0 Å². The van der Waals surface area contributed by atoms with Crippen LogP contribution in [0.5, 0.6) is 0 Å². The summed E-state index contributed by atoms with van der Waals surface area (Å²) in [4.78, 5) is 12.8. The number of halogens is 1. The molecule has 0 fully saturated rings. The summed E-state index contributed by atoms with van der Waals surface area (Å²) in [6, 6.07) is 23.6. The molecular weight excluding hydrogens is 408 g/mol. The number of benzene rings is 3. The third-order valence-corrected chi connectivity index (χ3v) is 6.41. The molecule has 7 heteroatoms. The Morgan fingerprint density at radius 2 is 1.59 bits per heavy atom. The highest BCUT2D eigenvalue weighted by Gasteiger charge is 2.27. The lowest BCUT2D eigenvalue weighted by Crippen LogP contribution is -2.41. The van der Waals surface area contributed by atoms with Gasteiger partial charge in [-0.25, -0.2) is 8.42 Å². The second-order valence-electron chi connectivity index (χ2n) is 6.50. The van der Waals surface area contributed by atoms with E-state index in [1.165, 1.54) is 18.2 Å². The van der Waals surface area contributed by atoms with Crippen LogP contribution in [-0.2, 0) is 14.8 Å². The zero-order valence-corrected chi connectivity index (χ0v) is 17.4. The number of carbonyl (C=O) groups excluding carboxylic acids is 1. The van der Waals surface area contributed by atoms with E-state index in [0.29, 0.717) is 10.7 Å². The number of hydrogen-bond donors (Lipinski definition) is 1. The zero-order chi connectivity index (χ0) is 20.9. The van der Waals surface area contributed by atoms with Crippen LogP contribution >= 0.6 is 11.6 Å². The van der Waals surface area contributed by atoms with Gasteiger partial charge in [-0.3, -0.25) is 9.10 Å². The lowest BCUT2D eigenvalue weighted by Gasteiger charge is -2.25. The largest absolute Gasteiger partial charge is 0.348 e. The van der Waals surface area contributed by atoms with Gasteiger partial charge in [0, 0.05) is 5.02 Å². The van der Waals surface area contributed by atoms with Crippen molar-refractivity contribution in [2.24, 2.45) is 0 Å². The van der Waals surface area contributed by atoms with Crippen LogP contribution in [-0.4, -0.2) is 20.9 Å². The van der Waals surface area contributed by atoms with Gasteiger partial charge in [0.2, 0.25) is 5.91 Å². The lowest BCUT2D eigenvalue weighted by molar-refractivity contribution is -0.120. The molecule has 0 aromatic heterocycles. The fourth-order valence-corrected chi connectivity index (χ4v) is 4.53. The van der Waals surface area contributed by atoms with Crippen LogP contribution in [0.4, 0.5) is 5.69 Å². The van der Waals surface area contributed by atoms with Crippen molar-refractivity contribution in [1.29, 1.82) is 0 Å². The number of hydrogen-bond acceptors (Lipinski definition) is 3. The third kappa shape index (κ3) is 5.16. The van der Waals surface area contributed by atoms with E-state index in [2.05, 4.69) is 5.32 Å². The number of nitrogens with zero attached hydrogens (tertiary/aromatic N) is 1. The average Bonchev–Trinajstić information content (AvgIpc) is 2.73. The second-order valence-corrected chi connectivity index (χ2v) is 8.80. The molecule has 1 amide bonds. The Morgan fingerprint density at radius 3 is 2.21 bits per heavy atom. The predicted octanol–water partition coefficient (Wildman–Crippen LogP) is 4.41. The molecule has 150 valence electrons. The minimum absolute atomic E-state index is 0.101. The minimum Gasteiger partial charge on any atom is -0.348 e. The van der Waals surface area contributed by atoms with Gasteiger partial charge in [-0.1, -0.05) is 66.2 Å². The summed E-state index contributed by atoms with van der Waals surface area (Å²) in [6.07, 6.45) is 0. The molecule has 1 atom stereocenters. The Kier molecular flexibility index (Phi) is 6.56. The van der Waals surface area contributed by atoms with Crippen molar-refractivity contribution in [3.05, 3.63) is 95.5 Å². The van der Waals surface area contributed by atoms with Gasteiger partial charge in [-0.15, -0.1) is 0 Å². The summed E-state index contributed by atoms with van der Waals surface area (Å²) in [7, 11) is -3.95. The summed E-state index contributed by atoms with van der Waals surface area (Å²) in [5, 5.41) is 3.24. The molecule has 0 unspecified atom stereocenters. The Balaban J connectivity index is 1.89. The van der Waals surface area contributed by atoms with Crippen LogP contribution in [0.15, 0.2) is 89.8 Å². The predicted molar refractivity (Wildman–Crippen MR) is 115 cm³/mol. The van der Waals surface area contributed by atoms with E-state index in [0.717, 1.165) is 9.87 Å². The summed E-state index contributed by atoms with van der Waals surface area (Å²) in [5.74, 6) is -0.416. The molecule has 0 saturated heterocycles. The van der Waals surface area contributed by atoms with Gasteiger partial charge in [0.15, 0.2) is 0 Å². The van der Waals surface area contributed by atoms with Gasteiger partial charge in [-0.05, 0) is 42.8 Å². The Hall–Kier alpha value is -2.83. The van der Waals surface area contributed by atoms with Crippen molar-refractivity contribution < 1.29 is 13.2 Å². The molecule has 0 spiro atoms. The van der Waals surface area contributed by atoms with Crippen LogP contribution in [0.1, 0.15) is 18.5 Å². The number of rotatable bonds is 7. The maximum Gasteiger partial charge on any atom is 0.264 e. The van der Waals surface area contributed by atoms with E-state index in [-0.39, 0.29) is 17.5 Å². The molecule has 29 heavy (non-hydrogen) atoms. The van der Waals surface area contributed by atoms with Crippen molar-refractivity contribution in [1.82, 2.24) is 5.32 Å². The third-order valence-electron chi connectivity index (χ3n) is 4.39. The number of amides is 1. The highest BCUT2D eigenvalue weighted by molar-refractivity contribution is 7.92. The molecule has 0 heterocycles. The summed E-state index contributed by atoms with van der Waals surface area (Å²) in [6.45, 7) is 1.48. The van der Waals surface area contributed by atoms with E-state index in [4.69, 9.17) is 11.6 Å². The van der Waals surface area contributed by atoms with Gasteiger partial charge < -0.3 is 5.32 Å². The molecule has 0 aliphatic rings. The first-order chi connectivity index (χ1) is 13.9. The van der Waals surface area contributed by atoms with Gasteiger partial charge >= 0.3 is 0 Å². The molecule has 5 nitrogen and oxygen atoms in total. The van der Waals surface area contributed by atoms with Crippen LogP contribution < -0.4 is 9.62 Å². The number of anilines is 1. The van der Waals surface area contributed by atoms with Crippen molar-refractivity contribution in [3.63, 3.8) is 0 Å². The fourth-order valence-electron chi connectivity index (χ4n) is 2.91.